The third-order valence-corrected chi connectivity index (χ3v) is 12.9. The second-order valence-corrected chi connectivity index (χ2v) is 16.6. The van der Waals surface area contributed by atoms with Gasteiger partial charge >= 0.3 is 5.97 Å². The van der Waals surface area contributed by atoms with Crippen LogP contribution in [0.25, 0.3) is 0 Å². The number of ether oxygens (including phenoxy) is 6. The summed E-state index contributed by atoms with van der Waals surface area (Å²) in [5.41, 5.74) is -0.0621. The molecular formula is C37H62O17. The lowest BCUT2D eigenvalue weighted by atomic mass is 9.53. The Bertz CT molecular complexity index is 1250. The number of fused-ring (bicyclic) bond motifs is 1. The van der Waals surface area contributed by atoms with Crippen molar-refractivity contribution in [1.29, 1.82) is 0 Å². The Kier molecular flexibility index (Phi) is 14.6. The number of allylic oxidation sites excluding steroid dienone is 1. The van der Waals surface area contributed by atoms with E-state index >= 15 is 0 Å². The van der Waals surface area contributed by atoms with E-state index in [2.05, 4.69) is 20.4 Å². The molecule has 0 bridgehead atoms. The van der Waals surface area contributed by atoms with Gasteiger partial charge < -0.3 is 79.5 Å². The summed E-state index contributed by atoms with van der Waals surface area (Å²) in [4.78, 5) is 14.6. The largest absolute Gasteiger partial charge is 0.432 e. The van der Waals surface area contributed by atoms with Gasteiger partial charge in [0.05, 0.1) is 25.2 Å². The first-order valence-corrected chi connectivity index (χ1v) is 19.2. The smallest absolute Gasteiger partial charge is 0.314 e. The van der Waals surface area contributed by atoms with Crippen LogP contribution in [0.15, 0.2) is 12.2 Å². The van der Waals surface area contributed by atoms with E-state index in [0.29, 0.717) is 12.3 Å². The maximum atomic E-state index is 14.6. The highest BCUT2D eigenvalue weighted by Crippen LogP contribution is 2.57. The van der Waals surface area contributed by atoms with Gasteiger partial charge in [0.2, 0.25) is 6.29 Å². The minimum Gasteiger partial charge on any atom is -0.432 e. The first kappa shape index (κ1) is 43.7. The lowest BCUT2D eigenvalue weighted by Crippen LogP contribution is -2.67. The maximum Gasteiger partial charge on any atom is 0.314 e. The molecule has 0 amide bonds. The zero-order valence-corrected chi connectivity index (χ0v) is 31.3. The van der Waals surface area contributed by atoms with Gasteiger partial charge in [0.1, 0.15) is 67.1 Å². The van der Waals surface area contributed by atoms with Crippen LogP contribution in [0.5, 0.6) is 0 Å². The summed E-state index contributed by atoms with van der Waals surface area (Å²) >= 11 is 0. The Morgan fingerprint density at radius 1 is 0.630 bits per heavy atom. The second-order valence-electron chi connectivity index (χ2n) is 16.6. The number of rotatable bonds is 10. The highest BCUT2D eigenvalue weighted by atomic mass is 16.8. The van der Waals surface area contributed by atoms with E-state index in [1.807, 2.05) is 6.92 Å². The molecule has 0 aromatic carbocycles. The monoisotopic (exact) mass is 778 g/mol. The Labute approximate surface area is 315 Å². The topological polar surface area (TPSA) is 275 Å². The molecule has 3 heterocycles. The Balaban J connectivity index is 1.48. The molecule has 5 rings (SSSR count). The summed E-state index contributed by atoms with van der Waals surface area (Å²) < 4.78 is 35.2. The van der Waals surface area contributed by atoms with Crippen molar-refractivity contribution in [3.05, 3.63) is 12.2 Å². The number of hydrogen-bond donors (Lipinski definition) is 10. The van der Waals surface area contributed by atoms with Crippen molar-refractivity contribution >= 4 is 5.97 Å². The van der Waals surface area contributed by atoms with Crippen molar-refractivity contribution in [2.45, 2.75) is 171 Å². The molecule has 17 heteroatoms. The van der Waals surface area contributed by atoms with E-state index in [1.54, 1.807) is 0 Å². The Morgan fingerprint density at radius 2 is 1.11 bits per heavy atom. The normalized spacial score (nSPS) is 49.2. The molecule has 3 aliphatic heterocycles. The highest BCUT2D eigenvalue weighted by molar-refractivity contribution is 5.77. The molecule has 5 aliphatic rings. The summed E-state index contributed by atoms with van der Waals surface area (Å²) in [6, 6.07) is 0. The van der Waals surface area contributed by atoms with Gasteiger partial charge in [-0.25, -0.2) is 0 Å². The fourth-order valence-electron chi connectivity index (χ4n) is 9.49. The van der Waals surface area contributed by atoms with Gasteiger partial charge in [-0.1, -0.05) is 38.3 Å². The fraction of sp³-hybridized carbons (Fsp3) is 0.919. The number of hydrogen-bond acceptors (Lipinski definition) is 17. The molecule has 0 aromatic rings. The Morgan fingerprint density at radius 3 is 1.65 bits per heavy atom. The second kappa shape index (κ2) is 18.0. The summed E-state index contributed by atoms with van der Waals surface area (Å²) in [7, 11) is 0. The van der Waals surface area contributed by atoms with Crippen LogP contribution < -0.4 is 0 Å². The molecule has 3 saturated heterocycles. The molecule has 0 radical (unpaired) electrons. The van der Waals surface area contributed by atoms with Gasteiger partial charge in [-0.15, -0.1) is 0 Å². The van der Waals surface area contributed by atoms with Crippen LogP contribution >= 0.6 is 0 Å². The summed E-state index contributed by atoms with van der Waals surface area (Å²) in [5.74, 6) is -0.351. The molecular weight excluding hydrogens is 716 g/mol. The van der Waals surface area contributed by atoms with E-state index in [4.69, 9.17) is 28.4 Å². The maximum absolute atomic E-state index is 14.6. The van der Waals surface area contributed by atoms with Crippen LogP contribution in [0.4, 0.5) is 0 Å². The summed E-state index contributed by atoms with van der Waals surface area (Å²) in [6.45, 7) is 7.92. The van der Waals surface area contributed by atoms with E-state index in [-0.39, 0.29) is 11.3 Å². The van der Waals surface area contributed by atoms with Crippen LogP contribution in [0.2, 0.25) is 0 Å². The molecule has 312 valence electrons. The molecule has 0 aromatic heterocycles. The molecule has 0 spiro atoms. The predicted molar refractivity (Wildman–Crippen MR) is 185 cm³/mol. The SMILES string of the molecule is C=C(C)[C@H]1CCC[C@H]2[C@](C)(CCC1)CCC[C@@]2(C)C(=O)O[C@@H]1O[C@H](CO)[C@@H](O)[C@H](O[C@@H]2O[C@H](CO)[C@@H](O)[C@H](O)[C@H]2O)[C@H]1O[C@@H]1O[C@H](CO)[C@@H](O)[C@H](O)[C@H]1O. The minimum atomic E-state index is -1.95. The van der Waals surface area contributed by atoms with Gasteiger partial charge in [0.15, 0.2) is 18.7 Å². The average molecular weight is 779 g/mol. The molecule has 17 nitrogen and oxygen atoms in total. The standard InChI is InChI=1S/C37H62O17/c1-17(2)18-8-5-10-22-36(3,11-6-9-18)12-7-13-37(22,4)35(48)54-34-31(53-33-29(47)27(45)24(42)20(15-39)50-33)30(25(43)21(16-40)51-34)52-32-28(46)26(44)23(41)19(14-38)49-32/h18-34,38-47H,1,5-16H2,2-4H3/t18-,19+,20+,21+,22-,23+,24+,25+,26-,27-,28+,29+,30-,31+,32-,33-,34-,36+,37+/m0/s1. The van der Waals surface area contributed by atoms with Crippen LogP contribution in [-0.4, -0.2) is 169 Å². The number of aliphatic hydroxyl groups excluding tert-OH is 10. The zero-order valence-electron chi connectivity index (χ0n) is 31.3. The molecule has 2 aliphatic carbocycles. The van der Waals surface area contributed by atoms with Crippen LogP contribution in [-0.2, 0) is 33.2 Å². The third kappa shape index (κ3) is 8.71. The van der Waals surface area contributed by atoms with Gasteiger partial charge in [-0.2, -0.15) is 0 Å². The number of aliphatic hydroxyl groups is 10. The van der Waals surface area contributed by atoms with E-state index in [9.17, 15) is 55.9 Å². The van der Waals surface area contributed by atoms with Crippen molar-refractivity contribution in [2.24, 2.45) is 22.7 Å². The van der Waals surface area contributed by atoms with Crippen molar-refractivity contribution in [2.75, 3.05) is 19.8 Å². The molecule has 0 unspecified atom stereocenters. The van der Waals surface area contributed by atoms with Crippen molar-refractivity contribution in [1.82, 2.24) is 0 Å². The van der Waals surface area contributed by atoms with Crippen LogP contribution in [0.3, 0.4) is 0 Å². The zero-order chi connectivity index (χ0) is 39.7. The first-order chi connectivity index (χ1) is 25.5. The van der Waals surface area contributed by atoms with Gasteiger partial charge in [0, 0.05) is 0 Å². The minimum absolute atomic E-state index is 0.0936. The van der Waals surface area contributed by atoms with Crippen molar-refractivity contribution in [3.63, 3.8) is 0 Å². The lowest BCUT2D eigenvalue weighted by molar-refractivity contribution is -0.388. The lowest BCUT2D eigenvalue weighted by Gasteiger charge is -2.52. The van der Waals surface area contributed by atoms with Crippen LogP contribution in [0.1, 0.15) is 78.6 Å². The van der Waals surface area contributed by atoms with E-state index < -0.39 is 123 Å². The first-order valence-electron chi connectivity index (χ1n) is 19.2. The van der Waals surface area contributed by atoms with E-state index in [0.717, 1.165) is 56.9 Å². The molecule has 54 heavy (non-hydrogen) atoms. The summed E-state index contributed by atoms with van der Waals surface area (Å²) in [5, 5.41) is 105. The average Bonchev–Trinajstić information content (AvgIpc) is 3.23. The summed E-state index contributed by atoms with van der Waals surface area (Å²) in [6.07, 6.45) is -18.6. The van der Waals surface area contributed by atoms with Gasteiger partial charge in [-0.05, 0) is 69.6 Å². The predicted octanol–water partition coefficient (Wildman–Crippen LogP) is -1.66. The number of carbonyl (C=O) groups excluding carboxylic acids is 1. The van der Waals surface area contributed by atoms with Crippen molar-refractivity contribution in [3.8, 4) is 0 Å². The quantitative estimate of drug-likeness (QED) is 0.0878. The molecule has 2 saturated carbocycles. The number of esters is 1. The molecule has 5 fully saturated rings. The third-order valence-electron chi connectivity index (χ3n) is 12.9. The van der Waals surface area contributed by atoms with Gasteiger partial charge in [0.25, 0.3) is 0 Å². The van der Waals surface area contributed by atoms with Crippen molar-refractivity contribution < 1.29 is 84.3 Å². The molecule has 10 N–H and O–H groups in total. The van der Waals surface area contributed by atoms with Gasteiger partial charge in [-0.3, -0.25) is 4.79 Å². The van der Waals surface area contributed by atoms with Crippen LogP contribution in [0, 0.1) is 22.7 Å². The molecule has 19 atom stereocenters. The fourth-order valence-corrected chi connectivity index (χ4v) is 9.49. The van der Waals surface area contributed by atoms with E-state index in [1.165, 1.54) is 0 Å². The number of carbonyl (C=O) groups is 1. The Hall–Kier alpha value is -1.39. The highest BCUT2D eigenvalue weighted by Gasteiger charge is 2.58.